The summed E-state index contributed by atoms with van der Waals surface area (Å²) in [5.74, 6) is -0.210. The first-order valence-corrected chi connectivity index (χ1v) is 7.22. The van der Waals surface area contributed by atoms with Crippen molar-refractivity contribution in [1.82, 2.24) is 0 Å². The molecule has 0 heterocycles. The van der Waals surface area contributed by atoms with E-state index in [9.17, 15) is 18.0 Å². The first-order chi connectivity index (χ1) is 10.1. The van der Waals surface area contributed by atoms with Crippen LogP contribution in [-0.4, -0.2) is 21.4 Å². The topological polar surface area (TPSA) is 86.7 Å². The number of sulfone groups is 1. The van der Waals surface area contributed by atoms with Crippen LogP contribution in [0.25, 0.3) is 0 Å². The van der Waals surface area contributed by atoms with Crippen molar-refractivity contribution in [3.05, 3.63) is 48.5 Å². The molecule has 0 spiro atoms. The van der Waals surface area contributed by atoms with Gasteiger partial charge in [-0.15, -0.1) is 0 Å². The van der Waals surface area contributed by atoms with E-state index in [4.69, 9.17) is 0 Å². The maximum absolute atomic E-state index is 12.4. The number of carbonyl (C=O) groups is 2. The van der Waals surface area contributed by atoms with E-state index in [-0.39, 0.29) is 34.2 Å². The summed E-state index contributed by atoms with van der Waals surface area (Å²) < 4.78 is 34.0. The van der Waals surface area contributed by atoms with Crippen molar-refractivity contribution in [2.24, 2.45) is 0 Å². The van der Waals surface area contributed by atoms with Crippen molar-refractivity contribution < 1.29 is 27.5 Å². The summed E-state index contributed by atoms with van der Waals surface area (Å²) in [5, 5.41) is 0. The maximum atomic E-state index is 12.4. The molecular weight excluding hydrogens is 296 g/mol. The second-order valence-electron chi connectivity index (χ2n) is 3.85. The fraction of sp³-hybridized carbons (Fsp3) is 0. The molecule has 0 radical (unpaired) electrons. The van der Waals surface area contributed by atoms with Crippen LogP contribution in [-0.2, 0) is 19.4 Å². The molecule has 0 aromatic heterocycles. The third kappa shape index (κ3) is 3.09. The van der Waals surface area contributed by atoms with Gasteiger partial charge in [-0.25, -0.2) is 8.42 Å². The normalized spacial score (nSPS) is 10.7. The van der Waals surface area contributed by atoms with E-state index < -0.39 is 9.84 Å². The first-order valence-electron chi connectivity index (χ1n) is 5.74. The second-order valence-corrected chi connectivity index (χ2v) is 5.80. The van der Waals surface area contributed by atoms with Gasteiger partial charge in [0, 0.05) is 6.07 Å². The van der Waals surface area contributed by atoms with Crippen LogP contribution < -0.4 is 9.47 Å². The van der Waals surface area contributed by atoms with Crippen LogP contribution in [0.4, 0.5) is 0 Å². The Morgan fingerprint density at radius 1 is 0.762 bits per heavy atom. The molecule has 0 bridgehead atoms. The Kier molecular flexibility index (Phi) is 4.34. The van der Waals surface area contributed by atoms with Crippen molar-refractivity contribution in [1.29, 1.82) is 0 Å². The zero-order valence-corrected chi connectivity index (χ0v) is 11.4. The third-order valence-electron chi connectivity index (χ3n) is 2.63. The van der Waals surface area contributed by atoms with Crippen LogP contribution in [0.3, 0.4) is 0 Å². The van der Waals surface area contributed by atoms with Gasteiger partial charge in [-0.05, 0) is 24.3 Å². The summed E-state index contributed by atoms with van der Waals surface area (Å²) in [6.45, 7) is 0.268. The van der Waals surface area contributed by atoms with E-state index in [2.05, 4.69) is 9.47 Å². The fourth-order valence-electron chi connectivity index (χ4n) is 1.68. The fourth-order valence-corrected chi connectivity index (χ4v) is 2.98. The van der Waals surface area contributed by atoms with Gasteiger partial charge in [0.05, 0.1) is 9.79 Å². The lowest BCUT2D eigenvalue weighted by atomic mass is 10.3. The van der Waals surface area contributed by atoms with Crippen LogP contribution in [0.2, 0.25) is 0 Å². The highest BCUT2D eigenvalue weighted by Gasteiger charge is 2.19. The molecule has 0 fully saturated rings. The predicted octanol–water partition coefficient (Wildman–Crippen LogP) is 1.59. The first kappa shape index (κ1) is 14.7. The zero-order chi connectivity index (χ0) is 15.3. The maximum Gasteiger partial charge on any atom is 0.298 e. The van der Waals surface area contributed by atoms with Crippen LogP contribution in [0.5, 0.6) is 11.5 Å². The highest BCUT2D eigenvalue weighted by atomic mass is 32.2. The zero-order valence-electron chi connectivity index (χ0n) is 10.6. The Morgan fingerprint density at radius 2 is 1.38 bits per heavy atom. The smallest absolute Gasteiger partial charge is 0.298 e. The molecule has 0 aliphatic carbocycles. The predicted molar refractivity (Wildman–Crippen MR) is 71.7 cm³/mol. The molecule has 0 amide bonds. The van der Waals surface area contributed by atoms with E-state index in [0.717, 1.165) is 6.07 Å². The van der Waals surface area contributed by atoms with E-state index in [1.807, 2.05) is 0 Å². The monoisotopic (exact) mass is 306 g/mol. The highest BCUT2D eigenvalue weighted by Crippen LogP contribution is 2.31. The van der Waals surface area contributed by atoms with Gasteiger partial charge >= 0.3 is 0 Å². The lowest BCUT2D eigenvalue weighted by Crippen LogP contribution is -2.03. The molecule has 0 unspecified atom stereocenters. The number of hydrogen-bond donors (Lipinski definition) is 0. The number of rotatable bonds is 6. The molecule has 6 nitrogen and oxygen atoms in total. The second kappa shape index (κ2) is 6.19. The molecule has 0 aliphatic heterocycles. The molecule has 0 saturated heterocycles. The lowest BCUT2D eigenvalue weighted by molar-refractivity contribution is -0.123. The molecule has 0 N–H and O–H groups in total. The Hall–Kier alpha value is -2.67. The minimum absolute atomic E-state index is 0.0517. The quantitative estimate of drug-likeness (QED) is 0.753. The van der Waals surface area contributed by atoms with Crippen LogP contribution >= 0.6 is 0 Å². The third-order valence-corrected chi connectivity index (χ3v) is 4.40. The van der Waals surface area contributed by atoms with Crippen molar-refractivity contribution in [3.63, 3.8) is 0 Å². The van der Waals surface area contributed by atoms with Crippen LogP contribution in [0.1, 0.15) is 0 Å². The molecule has 0 atom stereocenters. The average molecular weight is 306 g/mol. The van der Waals surface area contributed by atoms with Gasteiger partial charge in [0.2, 0.25) is 9.84 Å². The molecular formula is C14H10O6S. The van der Waals surface area contributed by atoms with Gasteiger partial charge in [-0.1, -0.05) is 18.2 Å². The van der Waals surface area contributed by atoms with Crippen molar-refractivity contribution in [2.45, 2.75) is 9.79 Å². The van der Waals surface area contributed by atoms with Gasteiger partial charge in [0.25, 0.3) is 12.9 Å². The Balaban J connectivity index is 2.52. The number of benzene rings is 2. The Bertz CT molecular complexity index is 752. The summed E-state index contributed by atoms with van der Waals surface area (Å²) >= 11 is 0. The summed E-state index contributed by atoms with van der Waals surface area (Å²) in [7, 11) is -3.75. The molecule has 21 heavy (non-hydrogen) atoms. The molecule has 0 aliphatic rings. The minimum Gasteiger partial charge on any atom is -0.425 e. The standard InChI is InChI=1S/C14H10O6S/c15-9-19-13-7-6-12(8-14(13)20-10-16)21(17,18)11-4-2-1-3-5-11/h1-10H. The van der Waals surface area contributed by atoms with Gasteiger partial charge in [0.1, 0.15) is 0 Å². The summed E-state index contributed by atoms with van der Waals surface area (Å²) in [6, 6.07) is 11.4. The molecule has 2 rings (SSSR count). The van der Waals surface area contributed by atoms with Crippen molar-refractivity contribution in [2.75, 3.05) is 0 Å². The summed E-state index contributed by atoms with van der Waals surface area (Å²) in [6.07, 6.45) is 0. The lowest BCUT2D eigenvalue weighted by Gasteiger charge is -2.08. The van der Waals surface area contributed by atoms with E-state index >= 15 is 0 Å². The Labute approximate surface area is 120 Å². The van der Waals surface area contributed by atoms with Crippen molar-refractivity contribution in [3.8, 4) is 11.5 Å². The molecule has 2 aromatic carbocycles. The Morgan fingerprint density at radius 3 is 2.00 bits per heavy atom. The van der Waals surface area contributed by atoms with E-state index in [1.54, 1.807) is 18.2 Å². The molecule has 2 aromatic rings. The van der Waals surface area contributed by atoms with Gasteiger partial charge in [0.15, 0.2) is 11.5 Å². The number of ether oxygens (including phenoxy) is 2. The highest BCUT2D eigenvalue weighted by molar-refractivity contribution is 7.91. The minimum atomic E-state index is -3.75. The molecule has 108 valence electrons. The van der Waals surface area contributed by atoms with Crippen LogP contribution in [0.15, 0.2) is 58.3 Å². The van der Waals surface area contributed by atoms with Gasteiger partial charge in [-0.2, -0.15) is 0 Å². The van der Waals surface area contributed by atoms with E-state index in [0.29, 0.717) is 0 Å². The molecule has 7 heteroatoms. The SMILES string of the molecule is O=COc1ccc(S(=O)(=O)c2ccccc2)cc1OC=O. The summed E-state index contributed by atoms with van der Waals surface area (Å²) in [4.78, 5) is 20.8. The molecule has 0 saturated carbocycles. The average Bonchev–Trinajstić information content (AvgIpc) is 2.50. The van der Waals surface area contributed by atoms with E-state index in [1.165, 1.54) is 24.3 Å². The number of hydrogen-bond acceptors (Lipinski definition) is 6. The van der Waals surface area contributed by atoms with Gasteiger partial charge < -0.3 is 9.47 Å². The largest absolute Gasteiger partial charge is 0.425 e. The van der Waals surface area contributed by atoms with Crippen molar-refractivity contribution >= 4 is 22.8 Å². The van der Waals surface area contributed by atoms with Crippen LogP contribution in [0, 0.1) is 0 Å². The van der Waals surface area contributed by atoms with Gasteiger partial charge in [-0.3, -0.25) is 9.59 Å². The summed E-state index contributed by atoms with van der Waals surface area (Å²) in [5.41, 5.74) is 0. The number of carbonyl (C=O) groups excluding carboxylic acids is 2.